The Labute approximate surface area is 116 Å². The smallest absolute Gasteiger partial charge is 0.119 e. The first-order valence-electron chi connectivity index (χ1n) is 6.81. The molecule has 1 N–H and O–H groups in total. The Hall–Kier alpha value is -1.10. The molecule has 0 amide bonds. The van der Waals surface area contributed by atoms with Crippen LogP contribution in [0.2, 0.25) is 0 Å². The fourth-order valence-electron chi connectivity index (χ4n) is 1.75. The molecule has 1 rings (SSSR count). The van der Waals surface area contributed by atoms with Gasteiger partial charge in [-0.2, -0.15) is 0 Å². The summed E-state index contributed by atoms with van der Waals surface area (Å²) in [6.45, 7) is 3.96. The quantitative estimate of drug-likeness (QED) is 0.654. The number of nitrogens with one attached hydrogen (secondary N) is 1. The van der Waals surface area contributed by atoms with Gasteiger partial charge in [-0.15, -0.1) is 0 Å². The van der Waals surface area contributed by atoms with Gasteiger partial charge in [0.15, 0.2) is 0 Å². The lowest BCUT2D eigenvalue weighted by molar-refractivity contribution is 0.0946. The molecule has 1 aromatic carbocycles. The third kappa shape index (κ3) is 7.82. The minimum atomic E-state index is 0.602. The molecule has 4 heteroatoms. The fraction of sp³-hybridized carbons (Fsp3) is 0.600. The summed E-state index contributed by atoms with van der Waals surface area (Å²) >= 11 is 0. The third-order valence-corrected chi connectivity index (χ3v) is 2.67. The molecule has 0 spiro atoms. The molecule has 0 fully saturated rings. The molecule has 108 valence electrons. The normalized spacial score (nSPS) is 10.9. The van der Waals surface area contributed by atoms with Gasteiger partial charge in [0, 0.05) is 13.2 Å². The highest BCUT2D eigenvalue weighted by Gasteiger charge is 1.97. The predicted molar refractivity (Wildman–Crippen MR) is 78.7 cm³/mol. The van der Waals surface area contributed by atoms with Crippen molar-refractivity contribution >= 4 is 0 Å². The molecule has 0 aliphatic rings. The summed E-state index contributed by atoms with van der Waals surface area (Å²) in [7, 11) is 6.08. The first kappa shape index (κ1) is 16.0. The van der Waals surface area contributed by atoms with E-state index in [2.05, 4.69) is 36.4 Å². The average Bonchev–Trinajstić information content (AvgIpc) is 2.38. The lowest BCUT2D eigenvalue weighted by Gasteiger charge is -2.10. The molecule has 0 unspecified atom stereocenters. The van der Waals surface area contributed by atoms with Crippen molar-refractivity contribution in [2.24, 2.45) is 0 Å². The van der Waals surface area contributed by atoms with Gasteiger partial charge in [0.2, 0.25) is 0 Å². The van der Waals surface area contributed by atoms with Crippen molar-refractivity contribution in [2.45, 2.75) is 13.0 Å². The highest BCUT2D eigenvalue weighted by molar-refractivity contribution is 5.28. The maximum atomic E-state index is 5.66. The Morgan fingerprint density at radius 3 is 2.74 bits per heavy atom. The van der Waals surface area contributed by atoms with Crippen LogP contribution < -0.4 is 10.1 Å². The predicted octanol–water partition coefficient (Wildman–Crippen LogP) is 1.75. The molecule has 0 saturated heterocycles. The first-order chi connectivity index (χ1) is 9.22. The summed E-state index contributed by atoms with van der Waals surface area (Å²) < 4.78 is 11.2. The lowest BCUT2D eigenvalue weighted by atomic mass is 10.2. The fourth-order valence-corrected chi connectivity index (χ4v) is 1.75. The highest BCUT2D eigenvalue weighted by Crippen LogP contribution is 2.12. The summed E-state index contributed by atoms with van der Waals surface area (Å²) in [6.07, 6.45) is 1.06. The second kappa shape index (κ2) is 9.78. The van der Waals surface area contributed by atoms with Crippen LogP contribution >= 0.6 is 0 Å². The van der Waals surface area contributed by atoms with E-state index in [9.17, 15) is 0 Å². The average molecular weight is 266 g/mol. The first-order valence-corrected chi connectivity index (χ1v) is 6.81. The lowest BCUT2D eigenvalue weighted by Crippen LogP contribution is -2.16. The van der Waals surface area contributed by atoms with Gasteiger partial charge in [0.05, 0.1) is 6.61 Å². The largest absolute Gasteiger partial charge is 0.491 e. The molecule has 0 heterocycles. The van der Waals surface area contributed by atoms with Gasteiger partial charge in [-0.05, 0) is 51.8 Å². The van der Waals surface area contributed by atoms with E-state index in [4.69, 9.17) is 9.47 Å². The van der Waals surface area contributed by atoms with E-state index >= 15 is 0 Å². The zero-order valence-corrected chi connectivity index (χ0v) is 12.3. The van der Waals surface area contributed by atoms with Gasteiger partial charge in [-0.25, -0.2) is 0 Å². The molecule has 0 bridgehead atoms. The van der Waals surface area contributed by atoms with Crippen LogP contribution in [0.4, 0.5) is 0 Å². The summed E-state index contributed by atoms with van der Waals surface area (Å²) in [5.74, 6) is 0.907. The van der Waals surface area contributed by atoms with E-state index in [0.717, 1.165) is 31.9 Å². The zero-order valence-electron chi connectivity index (χ0n) is 12.3. The number of ether oxygens (including phenoxy) is 2. The van der Waals surface area contributed by atoms with Crippen LogP contribution in [0.1, 0.15) is 12.0 Å². The Kier molecular flexibility index (Phi) is 8.21. The van der Waals surface area contributed by atoms with E-state index in [1.54, 1.807) is 0 Å². The molecule has 0 atom stereocenters. The topological polar surface area (TPSA) is 33.7 Å². The molecular weight excluding hydrogens is 240 g/mol. The maximum Gasteiger partial charge on any atom is 0.119 e. The Morgan fingerprint density at radius 1 is 1.16 bits per heavy atom. The van der Waals surface area contributed by atoms with Crippen LogP contribution in [0.5, 0.6) is 5.75 Å². The Balaban J connectivity index is 2.10. The summed E-state index contributed by atoms with van der Waals surface area (Å²) in [6, 6.07) is 8.13. The number of nitrogens with zero attached hydrogens (tertiary/aromatic N) is 1. The van der Waals surface area contributed by atoms with Gasteiger partial charge in [-0.3, -0.25) is 0 Å². The minimum Gasteiger partial charge on any atom is -0.491 e. The molecule has 0 aromatic heterocycles. The molecule has 4 nitrogen and oxygen atoms in total. The van der Waals surface area contributed by atoms with Crippen molar-refractivity contribution in [2.75, 3.05) is 47.5 Å². The SMILES string of the molecule is CNCc1cccc(OCCOCCCN(C)C)c1. The van der Waals surface area contributed by atoms with Crippen LogP contribution in [0, 0.1) is 0 Å². The van der Waals surface area contributed by atoms with E-state index in [1.165, 1.54) is 5.56 Å². The van der Waals surface area contributed by atoms with Crippen molar-refractivity contribution in [1.29, 1.82) is 0 Å². The molecule has 1 aromatic rings. The molecule has 0 radical (unpaired) electrons. The van der Waals surface area contributed by atoms with E-state index in [1.807, 2.05) is 19.2 Å². The van der Waals surface area contributed by atoms with Crippen molar-refractivity contribution < 1.29 is 9.47 Å². The van der Waals surface area contributed by atoms with Gasteiger partial charge in [0.25, 0.3) is 0 Å². The van der Waals surface area contributed by atoms with Crippen molar-refractivity contribution in [3.63, 3.8) is 0 Å². The minimum absolute atomic E-state index is 0.602. The zero-order chi connectivity index (χ0) is 13.9. The van der Waals surface area contributed by atoms with Crippen molar-refractivity contribution in [3.05, 3.63) is 29.8 Å². The third-order valence-electron chi connectivity index (χ3n) is 2.67. The molecular formula is C15H26N2O2. The molecule has 0 saturated carbocycles. The summed E-state index contributed by atoms with van der Waals surface area (Å²) in [5, 5.41) is 3.13. The summed E-state index contributed by atoms with van der Waals surface area (Å²) in [5.41, 5.74) is 1.23. The monoisotopic (exact) mass is 266 g/mol. The van der Waals surface area contributed by atoms with Crippen LogP contribution in [-0.4, -0.2) is 52.4 Å². The maximum absolute atomic E-state index is 5.66. The highest BCUT2D eigenvalue weighted by atomic mass is 16.5. The van der Waals surface area contributed by atoms with E-state index < -0.39 is 0 Å². The summed E-state index contributed by atoms with van der Waals surface area (Å²) in [4.78, 5) is 2.16. The second-order valence-corrected chi connectivity index (χ2v) is 4.80. The Morgan fingerprint density at radius 2 is 2.00 bits per heavy atom. The van der Waals surface area contributed by atoms with Crippen molar-refractivity contribution in [3.8, 4) is 5.75 Å². The Bertz CT molecular complexity index is 343. The van der Waals surface area contributed by atoms with Crippen molar-refractivity contribution in [1.82, 2.24) is 10.2 Å². The standard InChI is InChI=1S/C15H26N2O2/c1-16-13-14-6-4-7-15(12-14)19-11-10-18-9-5-8-17(2)3/h4,6-7,12,16H,5,8-11,13H2,1-3H3. The van der Waals surface area contributed by atoms with Gasteiger partial charge in [-0.1, -0.05) is 12.1 Å². The van der Waals surface area contributed by atoms with Crippen LogP contribution in [0.25, 0.3) is 0 Å². The van der Waals surface area contributed by atoms with Gasteiger partial charge in [0.1, 0.15) is 12.4 Å². The molecule has 0 aliphatic heterocycles. The van der Waals surface area contributed by atoms with E-state index in [-0.39, 0.29) is 0 Å². The number of rotatable bonds is 10. The van der Waals surface area contributed by atoms with Crippen LogP contribution in [0.15, 0.2) is 24.3 Å². The van der Waals surface area contributed by atoms with E-state index in [0.29, 0.717) is 13.2 Å². The number of hydrogen-bond donors (Lipinski definition) is 1. The van der Waals surface area contributed by atoms with Crippen LogP contribution in [-0.2, 0) is 11.3 Å². The molecule has 19 heavy (non-hydrogen) atoms. The van der Waals surface area contributed by atoms with Gasteiger partial charge < -0.3 is 19.7 Å². The number of hydrogen-bond acceptors (Lipinski definition) is 4. The number of benzene rings is 1. The second-order valence-electron chi connectivity index (χ2n) is 4.80. The molecule has 0 aliphatic carbocycles. The van der Waals surface area contributed by atoms with Crippen LogP contribution in [0.3, 0.4) is 0 Å². The van der Waals surface area contributed by atoms with Gasteiger partial charge >= 0.3 is 0 Å².